The van der Waals surface area contributed by atoms with Crippen molar-refractivity contribution in [2.24, 2.45) is 0 Å². The van der Waals surface area contributed by atoms with Gasteiger partial charge in [0.15, 0.2) is 0 Å². The van der Waals surface area contributed by atoms with Gasteiger partial charge >= 0.3 is 0 Å². The van der Waals surface area contributed by atoms with Gasteiger partial charge in [0.05, 0.1) is 0 Å². The molecule has 0 atom stereocenters. The van der Waals surface area contributed by atoms with Gasteiger partial charge in [0.25, 0.3) is 5.79 Å². The summed E-state index contributed by atoms with van der Waals surface area (Å²) in [6, 6.07) is 27.2. The second-order valence-corrected chi connectivity index (χ2v) is 7.06. The molecule has 0 spiro atoms. The third kappa shape index (κ3) is 6.92. The van der Waals surface area contributed by atoms with Crippen molar-refractivity contribution in [3.05, 3.63) is 108 Å². The van der Waals surface area contributed by atoms with Gasteiger partial charge < -0.3 is 18.9 Å². The van der Waals surface area contributed by atoms with Crippen LogP contribution in [0.25, 0.3) is 0 Å². The molecule has 0 N–H and O–H groups in total. The number of hydrogen-bond acceptors (Lipinski definition) is 6. The zero-order valence-electron chi connectivity index (χ0n) is 20.1. The summed E-state index contributed by atoms with van der Waals surface area (Å²) >= 11 is 0. The number of Topliss-reactive ketones (excluding diaryl/α,β-unsaturated/α-hetero) is 2. The quantitative estimate of drug-likeness (QED) is 0.284. The maximum atomic E-state index is 12.7. The molecule has 0 aliphatic rings. The van der Waals surface area contributed by atoms with Crippen LogP contribution >= 0.6 is 0 Å². The zero-order chi connectivity index (χ0) is 24.8. The average molecular weight is 465 g/mol. The molecule has 34 heavy (non-hydrogen) atoms. The lowest BCUT2D eigenvalue weighted by atomic mass is 9.96. The molecule has 0 saturated carbocycles. The molecule has 0 aliphatic heterocycles. The van der Waals surface area contributed by atoms with Gasteiger partial charge in [-0.2, -0.15) is 0 Å². The van der Waals surface area contributed by atoms with Gasteiger partial charge in [0.1, 0.15) is 0 Å². The highest BCUT2D eigenvalue weighted by Crippen LogP contribution is 2.30. The molecule has 0 aromatic heterocycles. The van der Waals surface area contributed by atoms with E-state index in [1.807, 2.05) is 80.6 Å². The SMILES string of the molecule is CCOC(OCC)C(=O)c1ccccc1.COC(OC)(C(=O)c1ccccc1)c1ccccc1. The fourth-order valence-electron chi connectivity index (χ4n) is 3.31. The van der Waals surface area contributed by atoms with Crippen LogP contribution in [0.2, 0.25) is 0 Å². The van der Waals surface area contributed by atoms with Gasteiger partial charge in [0, 0.05) is 44.1 Å². The standard InChI is InChI=1S/C16H16O3.C12H16O3/c1-18-16(19-2,14-11-7-4-8-12-14)15(17)13-9-5-3-6-10-13;1-3-14-12(15-4-2)11(13)10-8-6-5-7-9-10/h3-12H,1-2H3;5-9,12H,3-4H2,1-2H3. The minimum Gasteiger partial charge on any atom is -0.346 e. The van der Waals surface area contributed by atoms with Crippen LogP contribution in [0.15, 0.2) is 91.0 Å². The molecule has 0 amide bonds. The van der Waals surface area contributed by atoms with E-state index in [2.05, 4.69) is 0 Å². The number of benzene rings is 3. The molecular formula is C28H32O6. The minimum absolute atomic E-state index is 0.126. The first kappa shape index (κ1) is 27.1. The average Bonchev–Trinajstić information content (AvgIpc) is 2.91. The predicted octanol–water partition coefficient (Wildman–Crippen LogP) is 5.28. The molecule has 0 saturated heterocycles. The Balaban J connectivity index is 0.000000248. The third-order valence-electron chi connectivity index (χ3n) is 4.97. The van der Waals surface area contributed by atoms with Crippen LogP contribution in [0.1, 0.15) is 40.1 Å². The fourth-order valence-corrected chi connectivity index (χ4v) is 3.31. The summed E-state index contributed by atoms with van der Waals surface area (Å²) in [5, 5.41) is 0. The first-order valence-corrected chi connectivity index (χ1v) is 11.1. The van der Waals surface area contributed by atoms with Crippen LogP contribution in [-0.2, 0) is 24.7 Å². The van der Waals surface area contributed by atoms with Crippen molar-refractivity contribution in [1.82, 2.24) is 0 Å². The molecule has 0 fully saturated rings. The van der Waals surface area contributed by atoms with Gasteiger partial charge in [0.2, 0.25) is 17.9 Å². The van der Waals surface area contributed by atoms with E-state index in [4.69, 9.17) is 18.9 Å². The molecule has 3 aromatic rings. The van der Waals surface area contributed by atoms with Crippen LogP contribution in [0.4, 0.5) is 0 Å². The topological polar surface area (TPSA) is 71.1 Å². The molecule has 180 valence electrons. The van der Waals surface area contributed by atoms with E-state index in [-0.39, 0.29) is 11.6 Å². The summed E-state index contributed by atoms with van der Waals surface area (Å²) in [5.74, 6) is -1.74. The Bertz CT molecular complexity index is 979. The van der Waals surface area contributed by atoms with Gasteiger partial charge in [-0.3, -0.25) is 9.59 Å². The summed E-state index contributed by atoms with van der Waals surface area (Å²) in [6.07, 6.45) is -0.776. The highest BCUT2D eigenvalue weighted by atomic mass is 16.7. The highest BCUT2D eigenvalue weighted by Gasteiger charge is 2.41. The Hall–Kier alpha value is -3.16. The fraction of sp³-hybridized carbons (Fsp3) is 0.286. The summed E-state index contributed by atoms with van der Waals surface area (Å²) in [7, 11) is 2.94. The van der Waals surface area contributed by atoms with Crippen LogP contribution in [0, 0.1) is 0 Å². The van der Waals surface area contributed by atoms with E-state index in [0.29, 0.717) is 29.9 Å². The first-order chi connectivity index (χ1) is 16.5. The normalized spacial score (nSPS) is 11.0. The molecule has 6 heteroatoms. The van der Waals surface area contributed by atoms with E-state index in [9.17, 15) is 9.59 Å². The number of ketones is 2. The first-order valence-electron chi connectivity index (χ1n) is 11.1. The van der Waals surface area contributed by atoms with Crippen LogP contribution in [0.5, 0.6) is 0 Å². The summed E-state index contributed by atoms with van der Waals surface area (Å²) in [6.45, 7) is 4.60. The van der Waals surface area contributed by atoms with Crippen LogP contribution < -0.4 is 0 Å². The Morgan fingerprint density at radius 1 is 0.676 bits per heavy atom. The molecule has 0 bridgehead atoms. The number of carbonyl (C=O) groups is 2. The highest BCUT2D eigenvalue weighted by molar-refractivity contribution is 6.02. The lowest BCUT2D eigenvalue weighted by Crippen LogP contribution is -2.39. The van der Waals surface area contributed by atoms with E-state index in [1.54, 1.807) is 24.3 Å². The minimum atomic E-state index is -1.40. The van der Waals surface area contributed by atoms with Crippen molar-refractivity contribution in [3.63, 3.8) is 0 Å². The van der Waals surface area contributed by atoms with Crippen LogP contribution in [0.3, 0.4) is 0 Å². The predicted molar refractivity (Wildman–Crippen MR) is 131 cm³/mol. The van der Waals surface area contributed by atoms with Gasteiger partial charge in [-0.05, 0) is 13.8 Å². The number of carbonyl (C=O) groups excluding carboxylic acids is 2. The second-order valence-electron chi connectivity index (χ2n) is 7.06. The summed E-state index contributed by atoms with van der Waals surface area (Å²) in [4.78, 5) is 24.6. The third-order valence-corrected chi connectivity index (χ3v) is 4.97. The number of rotatable bonds is 11. The van der Waals surface area contributed by atoms with Crippen molar-refractivity contribution in [2.75, 3.05) is 27.4 Å². The summed E-state index contributed by atoms with van der Waals surface area (Å²) < 4.78 is 21.3. The molecular weight excluding hydrogens is 432 g/mol. The molecule has 3 aromatic carbocycles. The van der Waals surface area contributed by atoms with E-state index in [1.165, 1.54) is 14.2 Å². The smallest absolute Gasteiger partial charge is 0.260 e. The van der Waals surface area contributed by atoms with E-state index in [0.717, 1.165) is 0 Å². The Morgan fingerprint density at radius 2 is 1.09 bits per heavy atom. The van der Waals surface area contributed by atoms with Crippen molar-refractivity contribution >= 4 is 11.6 Å². The molecule has 0 radical (unpaired) electrons. The Morgan fingerprint density at radius 3 is 1.50 bits per heavy atom. The largest absolute Gasteiger partial charge is 0.346 e. The molecule has 0 unspecified atom stereocenters. The molecule has 0 aliphatic carbocycles. The van der Waals surface area contributed by atoms with Gasteiger partial charge in [-0.1, -0.05) is 91.0 Å². The second kappa shape index (κ2) is 14.2. The van der Waals surface area contributed by atoms with Gasteiger partial charge in [-0.25, -0.2) is 0 Å². The van der Waals surface area contributed by atoms with Crippen molar-refractivity contribution in [1.29, 1.82) is 0 Å². The summed E-state index contributed by atoms with van der Waals surface area (Å²) in [5.41, 5.74) is 1.84. The Kier molecular flexibility index (Phi) is 11.3. The number of methoxy groups -OCH3 is 2. The number of ether oxygens (including phenoxy) is 4. The molecule has 3 rings (SSSR count). The lowest BCUT2D eigenvalue weighted by Gasteiger charge is -2.29. The Labute approximate surface area is 201 Å². The molecule has 6 nitrogen and oxygen atoms in total. The van der Waals surface area contributed by atoms with Gasteiger partial charge in [-0.15, -0.1) is 0 Å². The monoisotopic (exact) mass is 464 g/mol. The number of hydrogen-bond donors (Lipinski definition) is 0. The van der Waals surface area contributed by atoms with Crippen molar-refractivity contribution in [3.8, 4) is 0 Å². The van der Waals surface area contributed by atoms with Crippen LogP contribution in [-0.4, -0.2) is 45.3 Å². The van der Waals surface area contributed by atoms with Crippen molar-refractivity contribution in [2.45, 2.75) is 25.9 Å². The lowest BCUT2D eigenvalue weighted by molar-refractivity contribution is -0.176. The maximum Gasteiger partial charge on any atom is 0.260 e. The van der Waals surface area contributed by atoms with E-state index < -0.39 is 12.1 Å². The maximum absolute atomic E-state index is 12.7. The zero-order valence-corrected chi connectivity index (χ0v) is 20.1. The van der Waals surface area contributed by atoms with Crippen molar-refractivity contribution < 1.29 is 28.5 Å². The molecule has 0 heterocycles. The van der Waals surface area contributed by atoms with E-state index >= 15 is 0 Å².